The Bertz CT molecular complexity index is 703. The van der Waals surface area contributed by atoms with Crippen molar-refractivity contribution in [1.29, 1.82) is 0 Å². The number of benzene rings is 1. The van der Waals surface area contributed by atoms with Gasteiger partial charge in [0.05, 0.1) is 21.4 Å². The summed E-state index contributed by atoms with van der Waals surface area (Å²) >= 11 is 13.9. The van der Waals surface area contributed by atoms with Crippen LogP contribution in [0.2, 0.25) is 10.0 Å². The van der Waals surface area contributed by atoms with E-state index >= 15 is 0 Å². The fraction of sp³-hybridized carbons (Fsp3) is 0.471. The predicted octanol–water partition coefficient (Wildman–Crippen LogP) is 5.59. The number of hydrogen-bond donors (Lipinski definition) is 1. The smallest absolute Gasteiger partial charge is 0.146 e. The third-order valence-corrected chi connectivity index (χ3v) is 5.77. The topological polar surface area (TPSA) is 50.2 Å². The van der Waals surface area contributed by atoms with Gasteiger partial charge in [-0.1, -0.05) is 53.0 Å². The van der Waals surface area contributed by atoms with E-state index in [0.29, 0.717) is 21.7 Å². The molecule has 1 aliphatic carbocycles. The Morgan fingerprint density at radius 2 is 1.96 bits per heavy atom. The Morgan fingerprint density at radius 1 is 1.25 bits per heavy atom. The number of amidine groups is 1. The van der Waals surface area contributed by atoms with Gasteiger partial charge in [-0.15, -0.1) is 5.10 Å². The molecule has 0 saturated heterocycles. The highest BCUT2D eigenvalue weighted by molar-refractivity contribution is 7.08. The first-order valence-corrected chi connectivity index (χ1v) is 9.73. The SMILES string of the molecule is Cc1nnsc1C(=NCC1CCCCC1)Nc1c(Cl)cccc1Cl. The van der Waals surface area contributed by atoms with E-state index in [9.17, 15) is 0 Å². The van der Waals surface area contributed by atoms with Gasteiger partial charge in [0.1, 0.15) is 10.7 Å². The Morgan fingerprint density at radius 3 is 2.58 bits per heavy atom. The maximum Gasteiger partial charge on any atom is 0.146 e. The quantitative estimate of drug-likeness (QED) is 0.553. The van der Waals surface area contributed by atoms with E-state index in [-0.39, 0.29) is 0 Å². The van der Waals surface area contributed by atoms with Crippen LogP contribution >= 0.6 is 34.7 Å². The fourth-order valence-electron chi connectivity index (χ4n) is 2.94. The van der Waals surface area contributed by atoms with Gasteiger partial charge in [0.2, 0.25) is 0 Å². The number of hydrogen-bond acceptors (Lipinski definition) is 4. The number of nitrogens with zero attached hydrogens (tertiary/aromatic N) is 3. The van der Waals surface area contributed by atoms with E-state index in [4.69, 9.17) is 28.2 Å². The summed E-state index contributed by atoms with van der Waals surface area (Å²) in [7, 11) is 0. The lowest BCUT2D eigenvalue weighted by atomic mass is 9.89. The number of anilines is 1. The maximum atomic E-state index is 6.29. The van der Waals surface area contributed by atoms with Crippen LogP contribution in [0.5, 0.6) is 0 Å². The molecule has 1 heterocycles. The van der Waals surface area contributed by atoms with Gasteiger partial charge in [0.15, 0.2) is 0 Å². The van der Waals surface area contributed by atoms with Crippen LogP contribution in [0, 0.1) is 12.8 Å². The normalized spacial score (nSPS) is 16.4. The first kappa shape index (κ1) is 17.6. The molecular formula is C17H20Cl2N4S. The molecule has 0 bridgehead atoms. The molecule has 0 spiro atoms. The van der Waals surface area contributed by atoms with Crippen molar-refractivity contribution in [2.24, 2.45) is 10.9 Å². The molecule has 24 heavy (non-hydrogen) atoms. The summed E-state index contributed by atoms with van der Waals surface area (Å²) in [4.78, 5) is 5.78. The van der Waals surface area contributed by atoms with Gasteiger partial charge in [0.25, 0.3) is 0 Å². The highest BCUT2D eigenvalue weighted by atomic mass is 35.5. The molecule has 4 nitrogen and oxygen atoms in total. The second-order valence-corrected chi connectivity index (χ2v) is 7.67. The zero-order valence-corrected chi connectivity index (χ0v) is 15.9. The molecule has 3 rings (SSSR count). The predicted molar refractivity (Wildman–Crippen MR) is 103 cm³/mol. The van der Waals surface area contributed by atoms with Gasteiger partial charge < -0.3 is 5.32 Å². The van der Waals surface area contributed by atoms with Crippen LogP contribution in [-0.4, -0.2) is 22.0 Å². The lowest BCUT2D eigenvalue weighted by Gasteiger charge is -2.20. The minimum absolute atomic E-state index is 0.572. The van der Waals surface area contributed by atoms with E-state index in [1.807, 2.05) is 25.1 Å². The molecule has 0 atom stereocenters. The third-order valence-electron chi connectivity index (χ3n) is 4.31. The summed E-state index contributed by atoms with van der Waals surface area (Å²) in [6.45, 7) is 2.74. The molecule has 0 radical (unpaired) electrons. The number of halogens is 2. The summed E-state index contributed by atoms with van der Waals surface area (Å²) in [6, 6.07) is 5.45. The van der Waals surface area contributed by atoms with E-state index in [1.54, 1.807) is 0 Å². The Hall–Kier alpha value is -1.17. The van der Waals surface area contributed by atoms with Gasteiger partial charge in [-0.3, -0.25) is 4.99 Å². The second-order valence-electron chi connectivity index (χ2n) is 6.10. The highest BCUT2D eigenvalue weighted by Gasteiger charge is 2.17. The van der Waals surface area contributed by atoms with E-state index in [0.717, 1.165) is 23.0 Å². The number of aryl methyl sites for hydroxylation is 1. The number of para-hydroxylation sites is 1. The summed E-state index contributed by atoms with van der Waals surface area (Å²) in [5.41, 5.74) is 1.54. The summed E-state index contributed by atoms with van der Waals surface area (Å²) in [6.07, 6.45) is 6.46. The van der Waals surface area contributed by atoms with Crippen LogP contribution in [0.15, 0.2) is 23.2 Å². The second kappa shape index (κ2) is 8.28. The lowest BCUT2D eigenvalue weighted by Crippen LogP contribution is -2.18. The largest absolute Gasteiger partial charge is 0.337 e. The van der Waals surface area contributed by atoms with Crippen molar-refractivity contribution < 1.29 is 0 Å². The van der Waals surface area contributed by atoms with Gasteiger partial charge in [-0.25, -0.2) is 0 Å². The molecule has 1 N–H and O–H groups in total. The monoisotopic (exact) mass is 382 g/mol. The Kier molecular flexibility index (Phi) is 6.09. The minimum Gasteiger partial charge on any atom is -0.337 e. The molecule has 2 aromatic rings. The molecule has 1 aromatic carbocycles. The van der Waals surface area contributed by atoms with Crippen LogP contribution in [0.4, 0.5) is 5.69 Å². The van der Waals surface area contributed by atoms with Crippen molar-refractivity contribution in [2.75, 3.05) is 11.9 Å². The molecule has 0 amide bonds. The van der Waals surface area contributed by atoms with E-state index < -0.39 is 0 Å². The van der Waals surface area contributed by atoms with E-state index in [1.165, 1.54) is 43.6 Å². The minimum atomic E-state index is 0.572. The number of aromatic nitrogens is 2. The third kappa shape index (κ3) is 4.26. The summed E-state index contributed by atoms with van der Waals surface area (Å²) in [5, 5.41) is 8.56. The number of nitrogens with one attached hydrogen (secondary N) is 1. The van der Waals surface area contributed by atoms with Gasteiger partial charge in [0, 0.05) is 6.54 Å². The summed E-state index contributed by atoms with van der Waals surface area (Å²) in [5.74, 6) is 1.40. The zero-order chi connectivity index (χ0) is 16.9. The average Bonchev–Trinajstić information content (AvgIpc) is 3.01. The van der Waals surface area contributed by atoms with Crippen molar-refractivity contribution in [3.8, 4) is 0 Å². The van der Waals surface area contributed by atoms with Crippen LogP contribution in [0.1, 0.15) is 42.7 Å². The van der Waals surface area contributed by atoms with Crippen molar-refractivity contribution in [2.45, 2.75) is 39.0 Å². The molecule has 1 fully saturated rings. The Labute approximate surface area is 156 Å². The molecule has 1 aromatic heterocycles. The molecule has 128 valence electrons. The molecule has 1 saturated carbocycles. The number of aliphatic imine (C=N–C) groups is 1. The van der Waals surface area contributed by atoms with Crippen molar-refractivity contribution in [1.82, 2.24) is 9.59 Å². The molecule has 7 heteroatoms. The van der Waals surface area contributed by atoms with Gasteiger partial charge >= 0.3 is 0 Å². The first-order valence-electron chi connectivity index (χ1n) is 8.20. The number of rotatable bonds is 4. The first-order chi connectivity index (χ1) is 11.6. The molecular weight excluding hydrogens is 363 g/mol. The van der Waals surface area contributed by atoms with E-state index in [2.05, 4.69) is 14.9 Å². The van der Waals surface area contributed by atoms with Crippen LogP contribution in [0.3, 0.4) is 0 Å². The van der Waals surface area contributed by atoms with Crippen molar-refractivity contribution >= 4 is 46.3 Å². The molecule has 0 aliphatic heterocycles. The van der Waals surface area contributed by atoms with Crippen LogP contribution < -0.4 is 5.32 Å². The van der Waals surface area contributed by atoms with Crippen molar-refractivity contribution in [3.63, 3.8) is 0 Å². The fourth-order valence-corrected chi connectivity index (χ4v) is 4.05. The lowest BCUT2D eigenvalue weighted by molar-refractivity contribution is 0.367. The molecule has 1 aliphatic rings. The summed E-state index contributed by atoms with van der Waals surface area (Å²) < 4.78 is 4.03. The van der Waals surface area contributed by atoms with Crippen molar-refractivity contribution in [3.05, 3.63) is 38.8 Å². The van der Waals surface area contributed by atoms with Crippen LogP contribution in [-0.2, 0) is 0 Å². The molecule has 0 unspecified atom stereocenters. The standard InChI is InChI=1S/C17H20Cl2N4S/c1-11-16(24-23-22-11)17(20-10-12-6-3-2-4-7-12)21-15-13(18)8-5-9-14(15)19/h5,8-9,12H,2-4,6-7,10H2,1H3,(H,20,21). The van der Waals surface area contributed by atoms with Gasteiger partial charge in [-0.05, 0) is 49.3 Å². The average molecular weight is 383 g/mol. The zero-order valence-electron chi connectivity index (χ0n) is 13.6. The highest BCUT2D eigenvalue weighted by Crippen LogP contribution is 2.31. The Balaban J connectivity index is 1.86. The van der Waals surface area contributed by atoms with Gasteiger partial charge in [-0.2, -0.15) is 0 Å². The van der Waals surface area contributed by atoms with Crippen LogP contribution in [0.25, 0.3) is 0 Å². The maximum absolute atomic E-state index is 6.29.